The summed E-state index contributed by atoms with van der Waals surface area (Å²) in [6, 6.07) is -0.827. The van der Waals surface area contributed by atoms with E-state index in [0.29, 0.717) is 19.4 Å². The standard InChI is InChI=1S/C13H26N2O4/c1-4-15(8-9-16)7-5-6-11(17)14-12(10(2)3)13(18)19/h10,12,16H,4-9H2,1-3H3,(H,14,17)(H,18,19). The molecule has 1 unspecified atom stereocenters. The number of hydrogen-bond acceptors (Lipinski definition) is 4. The van der Waals surface area contributed by atoms with Gasteiger partial charge in [-0.15, -0.1) is 0 Å². The minimum atomic E-state index is -1.00. The zero-order valence-electron chi connectivity index (χ0n) is 12.1. The summed E-state index contributed by atoms with van der Waals surface area (Å²) in [6.45, 7) is 7.78. The lowest BCUT2D eigenvalue weighted by Gasteiger charge is -2.20. The van der Waals surface area contributed by atoms with Crippen LogP contribution in [-0.4, -0.2) is 59.3 Å². The van der Waals surface area contributed by atoms with Crippen LogP contribution in [0, 0.1) is 5.92 Å². The second kappa shape index (κ2) is 9.75. The van der Waals surface area contributed by atoms with Crippen molar-refractivity contribution in [3.8, 4) is 0 Å². The first-order valence-electron chi connectivity index (χ1n) is 6.77. The number of aliphatic hydroxyl groups excluding tert-OH is 1. The van der Waals surface area contributed by atoms with Crippen LogP contribution in [0.15, 0.2) is 0 Å². The Morgan fingerprint density at radius 1 is 1.26 bits per heavy atom. The maximum Gasteiger partial charge on any atom is 0.326 e. The van der Waals surface area contributed by atoms with Crippen LogP contribution in [0.2, 0.25) is 0 Å². The molecule has 0 heterocycles. The number of aliphatic carboxylic acids is 1. The third kappa shape index (κ3) is 7.79. The predicted octanol–water partition coefficient (Wildman–Crippen LogP) is 0.306. The highest BCUT2D eigenvalue weighted by Gasteiger charge is 2.22. The minimum absolute atomic E-state index is 0.106. The van der Waals surface area contributed by atoms with Crippen molar-refractivity contribution in [3.05, 3.63) is 0 Å². The number of nitrogens with one attached hydrogen (secondary N) is 1. The van der Waals surface area contributed by atoms with E-state index in [-0.39, 0.29) is 18.4 Å². The van der Waals surface area contributed by atoms with Crippen LogP contribution in [0.4, 0.5) is 0 Å². The van der Waals surface area contributed by atoms with Gasteiger partial charge in [-0.05, 0) is 25.4 Å². The van der Waals surface area contributed by atoms with Crippen LogP contribution >= 0.6 is 0 Å². The normalized spacial score (nSPS) is 12.7. The van der Waals surface area contributed by atoms with Crippen molar-refractivity contribution in [1.29, 1.82) is 0 Å². The first-order chi connectivity index (χ1) is 8.92. The highest BCUT2D eigenvalue weighted by Crippen LogP contribution is 2.03. The highest BCUT2D eigenvalue weighted by molar-refractivity contribution is 5.83. The van der Waals surface area contributed by atoms with Crippen molar-refractivity contribution in [1.82, 2.24) is 10.2 Å². The Labute approximate surface area is 114 Å². The second-order valence-electron chi connectivity index (χ2n) is 4.89. The average Bonchev–Trinajstić information content (AvgIpc) is 2.34. The van der Waals surface area contributed by atoms with E-state index in [9.17, 15) is 9.59 Å². The summed E-state index contributed by atoms with van der Waals surface area (Å²) >= 11 is 0. The molecule has 0 bridgehead atoms. The molecule has 0 radical (unpaired) electrons. The number of aliphatic hydroxyl groups is 1. The van der Waals surface area contributed by atoms with E-state index in [1.54, 1.807) is 13.8 Å². The summed E-state index contributed by atoms with van der Waals surface area (Å²) in [5.74, 6) is -1.37. The molecule has 1 amide bonds. The summed E-state index contributed by atoms with van der Waals surface area (Å²) < 4.78 is 0. The van der Waals surface area contributed by atoms with Gasteiger partial charge >= 0.3 is 5.97 Å². The molecule has 0 aliphatic carbocycles. The van der Waals surface area contributed by atoms with Crippen molar-refractivity contribution >= 4 is 11.9 Å². The first-order valence-corrected chi connectivity index (χ1v) is 6.77. The molecule has 0 fully saturated rings. The monoisotopic (exact) mass is 274 g/mol. The molecule has 19 heavy (non-hydrogen) atoms. The Morgan fingerprint density at radius 2 is 1.89 bits per heavy atom. The topological polar surface area (TPSA) is 89.9 Å². The zero-order chi connectivity index (χ0) is 14.8. The second-order valence-corrected chi connectivity index (χ2v) is 4.89. The van der Waals surface area contributed by atoms with Gasteiger partial charge in [0.25, 0.3) is 0 Å². The maximum atomic E-state index is 11.6. The fourth-order valence-electron chi connectivity index (χ4n) is 1.79. The molecular weight excluding hydrogens is 248 g/mol. The zero-order valence-corrected chi connectivity index (χ0v) is 12.1. The van der Waals surface area contributed by atoms with Crippen LogP contribution < -0.4 is 5.32 Å². The molecular formula is C13H26N2O4. The largest absolute Gasteiger partial charge is 0.480 e. The first kappa shape index (κ1) is 17.9. The SMILES string of the molecule is CCN(CCO)CCCC(=O)NC(C(=O)O)C(C)C. The van der Waals surface area contributed by atoms with E-state index >= 15 is 0 Å². The number of carboxylic acid groups (broad SMARTS) is 1. The van der Waals surface area contributed by atoms with Crippen LogP contribution in [0.25, 0.3) is 0 Å². The van der Waals surface area contributed by atoms with E-state index < -0.39 is 12.0 Å². The Kier molecular flexibility index (Phi) is 9.16. The Bertz CT molecular complexity index is 282. The molecule has 0 aromatic carbocycles. The van der Waals surface area contributed by atoms with Crippen LogP contribution in [0.1, 0.15) is 33.6 Å². The number of likely N-dealkylation sites (N-methyl/N-ethyl adjacent to an activating group) is 1. The van der Waals surface area contributed by atoms with Gasteiger partial charge in [-0.1, -0.05) is 20.8 Å². The summed E-state index contributed by atoms with van der Waals surface area (Å²) in [4.78, 5) is 24.6. The third-order valence-corrected chi connectivity index (χ3v) is 2.99. The molecule has 6 heteroatoms. The number of rotatable bonds is 10. The Hall–Kier alpha value is -1.14. The van der Waals surface area contributed by atoms with E-state index in [2.05, 4.69) is 5.32 Å². The lowest BCUT2D eigenvalue weighted by atomic mass is 10.0. The smallest absolute Gasteiger partial charge is 0.326 e. The lowest BCUT2D eigenvalue weighted by molar-refractivity contribution is -0.143. The Morgan fingerprint density at radius 3 is 2.32 bits per heavy atom. The van der Waals surface area contributed by atoms with Crippen LogP contribution in [0.3, 0.4) is 0 Å². The summed E-state index contributed by atoms with van der Waals surface area (Å²) in [5.41, 5.74) is 0. The van der Waals surface area contributed by atoms with Gasteiger partial charge in [0, 0.05) is 13.0 Å². The predicted molar refractivity (Wildman–Crippen MR) is 72.8 cm³/mol. The fraction of sp³-hybridized carbons (Fsp3) is 0.846. The highest BCUT2D eigenvalue weighted by atomic mass is 16.4. The third-order valence-electron chi connectivity index (χ3n) is 2.99. The average molecular weight is 274 g/mol. The molecule has 0 aromatic rings. The van der Waals surface area contributed by atoms with Crippen molar-refractivity contribution < 1.29 is 19.8 Å². The van der Waals surface area contributed by atoms with Crippen molar-refractivity contribution in [2.75, 3.05) is 26.2 Å². The van der Waals surface area contributed by atoms with Crippen molar-refractivity contribution in [2.24, 2.45) is 5.92 Å². The summed E-state index contributed by atoms with van der Waals surface area (Å²) in [7, 11) is 0. The van der Waals surface area contributed by atoms with Gasteiger partial charge in [0.2, 0.25) is 5.91 Å². The van der Waals surface area contributed by atoms with Crippen molar-refractivity contribution in [3.63, 3.8) is 0 Å². The Balaban J connectivity index is 4.01. The van der Waals surface area contributed by atoms with Crippen molar-refractivity contribution in [2.45, 2.75) is 39.7 Å². The molecule has 0 saturated heterocycles. The molecule has 112 valence electrons. The van der Waals surface area contributed by atoms with Crippen LogP contribution in [-0.2, 0) is 9.59 Å². The maximum absolute atomic E-state index is 11.6. The van der Waals surface area contributed by atoms with Gasteiger partial charge in [0.1, 0.15) is 6.04 Å². The van der Waals surface area contributed by atoms with Gasteiger partial charge in [0.05, 0.1) is 6.61 Å². The molecule has 0 rings (SSSR count). The molecule has 0 saturated carbocycles. The quantitative estimate of drug-likeness (QED) is 0.533. The van der Waals surface area contributed by atoms with E-state index in [1.807, 2.05) is 11.8 Å². The van der Waals surface area contributed by atoms with Gasteiger partial charge in [-0.25, -0.2) is 4.79 Å². The molecule has 3 N–H and O–H groups in total. The van der Waals surface area contributed by atoms with Gasteiger partial charge in [0.15, 0.2) is 0 Å². The number of hydrogen-bond donors (Lipinski definition) is 3. The molecule has 0 aliphatic heterocycles. The van der Waals surface area contributed by atoms with E-state index in [4.69, 9.17) is 10.2 Å². The fourth-order valence-corrected chi connectivity index (χ4v) is 1.79. The molecule has 0 aromatic heterocycles. The number of nitrogens with zero attached hydrogens (tertiary/aromatic N) is 1. The molecule has 0 spiro atoms. The van der Waals surface area contributed by atoms with Crippen LogP contribution in [0.5, 0.6) is 0 Å². The van der Waals surface area contributed by atoms with Gasteiger partial charge in [-0.3, -0.25) is 4.79 Å². The number of amides is 1. The number of carboxylic acids is 1. The molecule has 0 aliphatic rings. The number of carbonyl (C=O) groups excluding carboxylic acids is 1. The van der Waals surface area contributed by atoms with Gasteiger partial charge in [-0.2, -0.15) is 0 Å². The van der Waals surface area contributed by atoms with E-state index in [0.717, 1.165) is 13.1 Å². The summed E-state index contributed by atoms with van der Waals surface area (Å²) in [5, 5.41) is 20.3. The minimum Gasteiger partial charge on any atom is -0.480 e. The molecule has 1 atom stereocenters. The summed E-state index contributed by atoms with van der Waals surface area (Å²) in [6.07, 6.45) is 0.961. The van der Waals surface area contributed by atoms with Gasteiger partial charge < -0.3 is 20.4 Å². The number of carbonyl (C=O) groups is 2. The lowest BCUT2D eigenvalue weighted by Crippen LogP contribution is -2.44. The van der Waals surface area contributed by atoms with E-state index in [1.165, 1.54) is 0 Å². The molecule has 6 nitrogen and oxygen atoms in total.